The summed E-state index contributed by atoms with van der Waals surface area (Å²) in [6.45, 7) is 2.32. The van der Waals surface area contributed by atoms with Crippen molar-refractivity contribution in [3.8, 4) is 0 Å². The molecule has 1 amide bonds. The minimum absolute atomic E-state index is 0.229. The van der Waals surface area contributed by atoms with Crippen molar-refractivity contribution in [2.24, 2.45) is 0 Å². The van der Waals surface area contributed by atoms with Gasteiger partial charge in [-0.2, -0.15) is 26.3 Å². The molecule has 6 nitrogen and oxygen atoms in total. The number of alkyl halides is 6. The van der Waals surface area contributed by atoms with Gasteiger partial charge in [0.05, 0.1) is 12.7 Å². The number of carbonyl (C=O) groups excluding carboxylic acids is 2. The van der Waals surface area contributed by atoms with E-state index in [0.29, 0.717) is 33.9 Å². The van der Waals surface area contributed by atoms with Crippen LogP contribution in [0.15, 0.2) is 24.3 Å². The number of anilines is 1. The number of nitrogens with one attached hydrogen (secondary N) is 2. The number of likely N-dealkylation sites (N-methyl/N-ethyl adjacent to an activating group) is 1. The quantitative estimate of drug-likeness (QED) is 0.353. The van der Waals surface area contributed by atoms with E-state index in [0.717, 1.165) is 24.6 Å². The summed E-state index contributed by atoms with van der Waals surface area (Å²) >= 11 is 0.588. The standard InChI is InChI=1S/C21H21F6N3O3S/c1-11-4-6-12(7-5-11)16(31)28-19(20(22,23)24,21(25,26)27)29-17-15(18(32)33-3)13-8-9-30(2)10-14(13)34-17/h4-7,29H,8-10H2,1-3H3,(H,28,31). The first-order chi connectivity index (χ1) is 15.7. The van der Waals surface area contributed by atoms with Crippen LogP contribution in [0.25, 0.3) is 0 Å². The van der Waals surface area contributed by atoms with Gasteiger partial charge in [0, 0.05) is 23.5 Å². The Morgan fingerprint density at radius 3 is 2.18 bits per heavy atom. The normalized spacial score (nSPS) is 15.0. The Kier molecular flexibility index (Phi) is 6.91. The van der Waals surface area contributed by atoms with E-state index in [1.165, 1.54) is 17.4 Å². The molecule has 3 rings (SSSR count). The summed E-state index contributed by atoms with van der Waals surface area (Å²) in [5.74, 6) is -2.67. The molecule has 34 heavy (non-hydrogen) atoms. The molecular formula is C21H21F6N3O3S. The number of thiophene rings is 1. The molecule has 1 aliphatic rings. The molecule has 2 aromatic rings. The Labute approximate surface area is 194 Å². The lowest BCUT2D eigenvalue weighted by Crippen LogP contribution is -2.72. The van der Waals surface area contributed by atoms with E-state index in [-0.39, 0.29) is 13.0 Å². The maximum atomic E-state index is 14.1. The molecule has 0 radical (unpaired) electrons. The maximum absolute atomic E-state index is 14.1. The predicted octanol–water partition coefficient (Wildman–Crippen LogP) is 4.49. The second-order valence-electron chi connectivity index (χ2n) is 7.88. The molecule has 1 aromatic heterocycles. The van der Waals surface area contributed by atoms with Crippen LogP contribution in [0.5, 0.6) is 0 Å². The van der Waals surface area contributed by atoms with Gasteiger partial charge in [-0.15, -0.1) is 11.3 Å². The number of halogens is 6. The Morgan fingerprint density at radius 2 is 1.65 bits per heavy atom. The summed E-state index contributed by atoms with van der Waals surface area (Å²) in [5, 5.41) is 1.88. The highest BCUT2D eigenvalue weighted by Crippen LogP contribution is 2.47. The van der Waals surface area contributed by atoms with Crippen LogP contribution in [0.4, 0.5) is 31.3 Å². The topological polar surface area (TPSA) is 70.7 Å². The fourth-order valence-corrected chi connectivity index (χ4v) is 4.90. The molecular weight excluding hydrogens is 488 g/mol. The smallest absolute Gasteiger partial charge is 0.439 e. The van der Waals surface area contributed by atoms with Crippen LogP contribution >= 0.6 is 11.3 Å². The number of fused-ring (bicyclic) bond motifs is 1. The molecule has 0 unspecified atom stereocenters. The molecule has 0 saturated heterocycles. The number of esters is 1. The number of rotatable bonds is 5. The van der Waals surface area contributed by atoms with E-state index in [9.17, 15) is 35.9 Å². The minimum atomic E-state index is -6.03. The number of benzene rings is 1. The third-order valence-electron chi connectivity index (χ3n) is 5.40. The number of hydrogen-bond acceptors (Lipinski definition) is 6. The zero-order valence-corrected chi connectivity index (χ0v) is 19.1. The maximum Gasteiger partial charge on any atom is 0.439 e. The zero-order valence-electron chi connectivity index (χ0n) is 18.3. The number of aryl methyl sites for hydroxylation is 1. The van der Waals surface area contributed by atoms with Crippen LogP contribution in [0.2, 0.25) is 0 Å². The van der Waals surface area contributed by atoms with Gasteiger partial charge >= 0.3 is 24.0 Å². The molecule has 0 spiro atoms. The predicted molar refractivity (Wildman–Crippen MR) is 113 cm³/mol. The molecule has 0 atom stereocenters. The van der Waals surface area contributed by atoms with Gasteiger partial charge < -0.3 is 20.3 Å². The lowest BCUT2D eigenvalue weighted by atomic mass is 10.0. The second-order valence-corrected chi connectivity index (χ2v) is 8.98. The third kappa shape index (κ3) is 4.71. The van der Waals surface area contributed by atoms with Crippen LogP contribution in [0, 0.1) is 6.92 Å². The van der Waals surface area contributed by atoms with Crippen LogP contribution in [0.3, 0.4) is 0 Å². The van der Waals surface area contributed by atoms with E-state index < -0.39 is 46.0 Å². The first-order valence-corrected chi connectivity index (χ1v) is 10.7. The lowest BCUT2D eigenvalue weighted by Gasteiger charge is -2.38. The van der Waals surface area contributed by atoms with Gasteiger partial charge in [-0.1, -0.05) is 17.7 Å². The summed E-state index contributed by atoms with van der Waals surface area (Å²) < 4.78 is 89.5. The van der Waals surface area contributed by atoms with E-state index in [4.69, 9.17) is 0 Å². The highest BCUT2D eigenvalue weighted by atomic mass is 32.1. The first kappa shape index (κ1) is 25.8. The van der Waals surface area contributed by atoms with Crippen molar-refractivity contribution in [3.63, 3.8) is 0 Å². The van der Waals surface area contributed by atoms with Crippen LogP contribution in [-0.4, -0.2) is 55.5 Å². The molecule has 2 N–H and O–H groups in total. The van der Waals surface area contributed by atoms with E-state index in [1.54, 1.807) is 14.0 Å². The Bertz CT molecular complexity index is 1070. The number of carbonyl (C=O) groups is 2. The fourth-order valence-electron chi connectivity index (χ4n) is 3.53. The highest BCUT2D eigenvalue weighted by Gasteiger charge is 2.73. The number of ether oxygens (including phenoxy) is 1. The highest BCUT2D eigenvalue weighted by molar-refractivity contribution is 7.16. The first-order valence-electron chi connectivity index (χ1n) is 9.92. The Hall–Kier alpha value is -2.80. The molecule has 0 aliphatic carbocycles. The van der Waals surface area contributed by atoms with Crippen molar-refractivity contribution in [1.29, 1.82) is 0 Å². The van der Waals surface area contributed by atoms with Crippen LogP contribution in [0.1, 0.15) is 36.7 Å². The monoisotopic (exact) mass is 509 g/mol. The van der Waals surface area contributed by atoms with Gasteiger partial charge in [-0.25, -0.2) is 4.79 Å². The minimum Gasteiger partial charge on any atom is -0.465 e. The summed E-state index contributed by atoms with van der Waals surface area (Å²) in [5.41, 5.74) is -4.70. The molecule has 186 valence electrons. The van der Waals surface area contributed by atoms with Crippen LogP contribution < -0.4 is 10.6 Å². The lowest BCUT2D eigenvalue weighted by molar-refractivity contribution is -0.293. The molecule has 2 heterocycles. The SMILES string of the molecule is COC(=O)c1c(NC(NC(=O)c2ccc(C)cc2)(C(F)(F)F)C(F)(F)F)sc2c1CCN(C)C2. The molecule has 1 aliphatic heterocycles. The molecule has 0 bridgehead atoms. The summed E-state index contributed by atoms with van der Waals surface area (Å²) in [6, 6.07) is 4.98. The van der Waals surface area contributed by atoms with Gasteiger partial charge in [0.15, 0.2) is 0 Å². The number of amides is 1. The molecule has 0 fully saturated rings. The van der Waals surface area contributed by atoms with Crippen molar-refractivity contribution in [3.05, 3.63) is 51.4 Å². The average Bonchev–Trinajstić information content (AvgIpc) is 3.08. The molecule has 13 heteroatoms. The van der Waals surface area contributed by atoms with Crippen molar-refractivity contribution in [2.45, 2.75) is 37.9 Å². The molecule has 1 aromatic carbocycles. The van der Waals surface area contributed by atoms with Gasteiger partial charge in [-0.3, -0.25) is 4.79 Å². The third-order valence-corrected chi connectivity index (χ3v) is 6.54. The van der Waals surface area contributed by atoms with Crippen LogP contribution in [-0.2, 0) is 17.7 Å². The number of nitrogens with zero attached hydrogens (tertiary/aromatic N) is 1. The second kappa shape index (κ2) is 9.10. The van der Waals surface area contributed by atoms with Crippen molar-refractivity contribution < 1.29 is 40.7 Å². The zero-order chi connectivity index (χ0) is 25.5. The van der Waals surface area contributed by atoms with Gasteiger partial charge in [-0.05, 0) is 38.1 Å². The number of hydrogen-bond donors (Lipinski definition) is 2. The van der Waals surface area contributed by atoms with Crippen molar-refractivity contribution in [2.75, 3.05) is 26.0 Å². The molecule has 0 saturated carbocycles. The van der Waals surface area contributed by atoms with E-state index in [2.05, 4.69) is 4.74 Å². The summed E-state index contributed by atoms with van der Waals surface area (Å²) in [6.07, 6.45) is -11.8. The summed E-state index contributed by atoms with van der Waals surface area (Å²) in [4.78, 5) is 27.2. The van der Waals surface area contributed by atoms with E-state index in [1.807, 2.05) is 4.90 Å². The fraction of sp³-hybridized carbons (Fsp3) is 0.429. The van der Waals surface area contributed by atoms with Gasteiger partial charge in [0.2, 0.25) is 0 Å². The largest absolute Gasteiger partial charge is 0.465 e. The summed E-state index contributed by atoms with van der Waals surface area (Å²) in [7, 11) is 2.70. The van der Waals surface area contributed by atoms with E-state index >= 15 is 0 Å². The van der Waals surface area contributed by atoms with Crippen molar-refractivity contribution >= 4 is 28.2 Å². The number of methoxy groups -OCH3 is 1. The Morgan fingerprint density at radius 1 is 1.06 bits per heavy atom. The average molecular weight is 509 g/mol. The van der Waals surface area contributed by atoms with Gasteiger partial charge in [0.1, 0.15) is 5.00 Å². The van der Waals surface area contributed by atoms with Crippen molar-refractivity contribution in [1.82, 2.24) is 10.2 Å². The Balaban J connectivity index is 2.14. The van der Waals surface area contributed by atoms with Gasteiger partial charge in [0.25, 0.3) is 5.91 Å².